The summed E-state index contributed by atoms with van der Waals surface area (Å²) in [6, 6.07) is 6.82. The molecule has 0 radical (unpaired) electrons. The molecule has 0 unspecified atom stereocenters. The van der Waals surface area contributed by atoms with Crippen LogP contribution in [0.5, 0.6) is 0 Å². The number of rotatable bonds is 5. The van der Waals surface area contributed by atoms with Gasteiger partial charge in [-0.25, -0.2) is 16.8 Å². The minimum absolute atomic E-state index is 0.383. The molecule has 0 aliphatic carbocycles. The van der Waals surface area contributed by atoms with Gasteiger partial charge < -0.3 is 0 Å². The summed E-state index contributed by atoms with van der Waals surface area (Å²) >= 11 is 2.06. The molecule has 1 aromatic carbocycles. The average molecular weight is 389 g/mol. The summed E-state index contributed by atoms with van der Waals surface area (Å²) < 4.78 is 48.2. The second-order valence-corrected chi connectivity index (χ2v) is 8.91. The molecule has 1 rings (SSSR count). The predicted molar refractivity (Wildman–Crippen MR) is 76.3 cm³/mol. The minimum Gasteiger partial charge on any atom is -0.283 e. The third-order valence-electron chi connectivity index (χ3n) is 1.82. The van der Waals surface area contributed by atoms with Crippen LogP contribution >= 0.6 is 22.6 Å². The molecule has 1 N–H and O–H groups in total. The van der Waals surface area contributed by atoms with E-state index in [9.17, 15) is 16.8 Å². The highest BCUT2D eigenvalue weighted by molar-refractivity contribution is 14.1. The van der Waals surface area contributed by atoms with E-state index in [0.29, 0.717) is 5.69 Å². The van der Waals surface area contributed by atoms with Crippen molar-refractivity contribution in [1.29, 1.82) is 0 Å². The van der Waals surface area contributed by atoms with E-state index in [0.717, 1.165) is 9.83 Å². The lowest BCUT2D eigenvalue weighted by Gasteiger charge is -2.07. The van der Waals surface area contributed by atoms with Crippen molar-refractivity contribution in [3.8, 4) is 0 Å². The van der Waals surface area contributed by atoms with E-state index in [1.165, 1.54) is 0 Å². The van der Waals surface area contributed by atoms with Gasteiger partial charge in [-0.15, -0.1) is 0 Å². The normalized spacial score (nSPS) is 12.4. The zero-order chi connectivity index (χ0) is 13.1. The van der Waals surface area contributed by atoms with E-state index < -0.39 is 25.6 Å². The summed E-state index contributed by atoms with van der Waals surface area (Å²) in [6.07, 6.45) is 1.01. The van der Waals surface area contributed by atoms with Gasteiger partial charge in [0.1, 0.15) is 9.84 Å². The van der Waals surface area contributed by atoms with Crippen LogP contribution in [0.15, 0.2) is 24.3 Å². The Kier molecular flexibility index (Phi) is 4.78. The fraction of sp³-hybridized carbons (Fsp3) is 0.333. The molecule has 0 bridgehead atoms. The first-order valence-corrected chi connectivity index (χ1v) is 9.41. The molecule has 0 fully saturated rings. The maximum atomic E-state index is 11.6. The molecule has 17 heavy (non-hydrogen) atoms. The quantitative estimate of drug-likeness (QED) is 0.765. The van der Waals surface area contributed by atoms with Gasteiger partial charge in [-0.2, -0.15) is 0 Å². The van der Waals surface area contributed by atoms with Gasteiger partial charge in [0, 0.05) is 15.5 Å². The van der Waals surface area contributed by atoms with Crippen molar-refractivity contribution >= 4 is 48.1 Å². The van der Waals surface area contributed by atoms with Crippen LogP contribution in [0.2, 0.25) is 0 Å². The lowest BCUT2D eigenvalue weighted by Crippen LogP contribution is -2.22. The number of hydrogen-bond donors (Lipinski definition) is 1. The average Bonchev–Trinajstić information content (AvgIpc) is 2.13. The topological polar surface area (TPSA) is 80.3 Å². The van der Waals surface area contributed by atoms with Crippen molar-refractivity contribution in [2.24, 2.45) is 0 Å². The van der Waals surface area contributed by atoms with Crippen LogP contribution in [0.4, 0.5) is 5.69 Å². The van der Waals surface area contributed by atoms with E-state index in [2.05, 4.69) is 27.3 Å². The molecule has 96 valence electrons. The summed E-state index contributed by atoms with van der Waals surface area (Å²) in [6.45, 7) is 0. The third-order valence-corrected chi connectivity index (χ3v) is 4.98. The van der Waals surface area contributed by atoms with E-state index in [1.807, 2.05) is 6.07 Å². The van der Waals surface area contributed by atoms with Gasteiger partial charge in [0.2, 0.25) is 10.0 Å². The van der Waals surface area contributed by atoms with Crippen LogP contribution in [0.25, 0.3) is 0 Å². The van der Waals surface area contributed by atoms with E-state index in [-0.39, 0.29) is 5.75 Å². The molecule has 8 heteroatoms. The summed E-state index contributed by atoms with van der Waals surface area (Å²) in [5, 5.41) is 0. The van der Waals surface area contributed by atoms with E-state index in [1.54, 1.807) is 18.2 Å². The molecule has 0 aliphatic rings. The van der Waals surface area contributed by atoms with Crippen LogP contribution in [0, 0.1) is 3.57 Å². The Hall–Kier alpha value is -0.350. The van der Waals surface area contributed by atoms with Crippen LogP contribution < -0.4 is 4.72 Å². The zero-order valence-corrected chi connectivity index (χ0v) is 12.8. The molecule has 0 amide bonds. The Balaban J connectivity index is 2.74. The standard InChI is InChI=1S/C9H12INO4S2/c1-16(12,13)5-6-17(14,15)11-9-4-2-3-8(10)7-9/h2-4,7,11H,5-6H2,1H3. The number of anilines is 1. The van der Waals surface area contributed by atoms with Gasteiger partial charge >= 0.3 is 0 Å². The lowest BCUT2D eigenvalue weighted by atomic mass is 10.3. The molecular formula is C9H12INO4S2. The first kappa shape index (κ1) is 14.7. The monoisotopic (exact) mass is 389 g/mol. The third kappa shape index (κ3) is 6.22. The number of hydrogen-bond acceptors (Lipinski definition) is 4. The molecular weight excluding hydrogens is 377 g/mol. The van der Waals surface area contributed by atoms with E-state index in [4.69, 9.17) is 0 Å². The van der Waals surface area contributed by atoms with Crippen LogP contribution in [0.1, 0.15) is 0 Å². The van der Waals surface area contributed by atoms with Crippen molar-refractivity contribution in [3.05, 3.63) is 27.8 Å². The number of nitrogens with one attached hydrogen (secondary N) is 1. The van der Waals surface area contributed by atoms with Gasteiger partial charge in [0.15, 0.2) is 0 Å². The van der Waals surface area contributed by atoms with Gasteiger partial charge in [-0.3, -0.25) is 4.72 Å². The first-order valence-electron chi connectivity index (χ1n) is 4.62. The molecule has 0 saturated heterocycles. The fourth-order valence-electron chi connectivity index (χ4n) is 1.04. The number of sulfonamides is 1. The highest BCUT2D eigenvalue weighted by Gasteiger charge is 2.14. The highest BCUT2D eigenvalue weighted by atomic mass is 127. The maximum Gasteiger partial charge on any atom is 0.233 e. The number of sulfone groups is 1. The van der Waals surface area contributed by atoms with Crippen molar-refractivity contribution in [3.63, 3.8) is 0 Å². The second kappa shape index (κ2) is 5.53. The molecule has 0 atom stereocenters. The Morgan fingerprint density at radius 3 is 2.35 bits per heavy atom. The minimum atomic E-state index is -3.62. The van der Waals surface area contributed by atoms with Crippen molar-refractivity contribution in [1.82, 2.24) is 0 Å². The SMILES string of the molecule is CS(=O)(=O)CCS(=O)(=O)Nc1cccc(I)c1. The van der Waals surface area contributed by atoms with Crippen molar-refractivity contribution < 1.29 is 16.8 Å². The molecule has 0 heterocycles. The van der Waals surface area contributed by atoms with Gasteiger partial charge in [-0.05, 0) is 40.8 Å². The summed E-state index contributed by atoms with van der Waals surface area (Å²) in [7, 11) is -6.90. The largest absolute Gasteiger partial charge is 0.283 e. The summed E-state index contributed by atoms with van der Waals surface area (Å²) in [5.74, 6) is -0.816. The number of halogens is 1. The van der Waals surface area contributed by atoms with Gasteiger partial charge in [0.25, 0.3) is 0 Å². The molecule has 0 saturated carbocycles. The highest BCUT2D eigenvalue weighted by Crippen LogP contribution is 2.13. The van der Waals surface area contributed by atoms with Gasteiger partial charge in [0.05, 0.1) is 11.5 Å². The van der Waals surface area contributed by atoms with Crippen LogP contribution in [-0.2, 0) is 19.9 Å². The summed E-state index contributed by atoms with van der Waals surface area (Å²) in [4.78, 5) is 0. The van der Waals surface area contributed by atoms with Crippen LogP contribution in [-0.4, -0.2) is 34.6 Å². The molecule has 0 aliphatic heterocycles. The fourth-order valence-corrected chi connectivity index (χ4v) is 4.26. The van der Waals surface area contributed by atoms with E-state index >= 15 is 0 Å². The molecule has 1 aromatic rings. The maximum absolute atomic E-state index is 11.6. The Morgan fingerprint density at radius 2 is 1.82 bits per heavy atom. The lowest BCUT2D eigenvalue weighted by molar-refractivity contribution is 0.593. The Morgan fingerprint density at radius 1 is 1.18 bits per heavy atom. The first-order chi connectivity index (χ1) is 7.68. The molecule has 0 spiro atoms. The Labute approximate surface area is 115 Å². The van der Waals surface area contributed by atoms with Gasteiger partial charge in [-0.1, -0.05) is 6.07 Å². The smallest absolute Gasteiger partial charge is 0.233 e. The van der Waals surface area contributed by atoms with Crippen LogP contribution in [0.3, 0.4) is 0 Å². The number of benzene rings is 1. The van der Waals surface area contributed by atoms with Crippen molar-refractivity contribution in [2.45, 2.75) is 0 Å². The summed E-state index contributed by atoms with van der Waals surface area (Å²) in [5.41, 5.74) is 0.436. The zero-order valence-electron chi connectivity index (χ0n) is 9.05. The Bertz CT molecular complexity index is 595. The van der Waals surface area contributed by atoms with Crippen molar-refractivity contribution in [2.75, 3.05) is 22.5 Å². The second-order valence-electron chi connectivity index (χ2n) is 3.56. The molecule has 0 aromatic heterocycles. The predicted octanol–water partition coefficient (Wildman–Crippen LogP) is 1.08. The molecule has 5 nitrogen and oxygen atoms in total.